The van der Waals surface area contributed by atoms with Gasteiger partial charge in [0.15, 0.2) is 0 Å². The molecule has 1 saturated heterocycles. The van der Waals surface area contributed by atoms with Gasteiger partial charge < -0.3 is 5.73 Å². The third kappa shape index (κ3) is 4.70. The van der Waals surface area contributed by atoms with E-state index in [4.69, 9.17) is 5.73 Å². The van der Waals surface area contributed by atoms with Gasteiger partial charge in [0.1, 0.15) is 0 Å². The number of piperidine rings is 1. The maximum atomic E-state index is 11.6. The van der Waals surface area contributed by atoms with Crippen LogP contribution in [0.3, 0.4) is 0 Å². The van der Waals surface area contributed by atoms with Gasteiger partial charge in [-0.1, -0.05) is 0 Å². The molecule has 1 fully saturated rings. The van der Waals surface area contributed by atoms with Gasteiger partial charge in [0.05, 0.1) is 6.54 Å². The Balaban J connectivity index is 2.37. The van der Waals surface area contributed by atoms with Crippen molar-refractivity contribution in [1.82, 2.24) is 15.8 Å². The van der Waals surface area contributed by atoms with E-state index >= 15 is 0 Å². The van der Waals surface area contributed by atoms with E-state index in [-0.39, 0.29) is 11.8 Å². The summed E-state index contributed by atoms with van der Waals surface area (Å²) in [6.07, 6.45) is 2.19. The normalized spacial score (nSPS) is 25.4. The van der Waals surface area contributed by atoms with Crippen LogP contribution < -0.4 is 16.6 Å². The molecule has 0 aromatic rings. The van der Waals surface area contributed by atoms with Crippen molar-refractivity contribution in [3.05, 3.63) is 0 Å². The second-order valence-corrected chi connectivity index (χ2v) is 4.69. The number of carbonyl (C=O) groups is 2. The maximum Gasteiger partial charge on any atom is 0.252 e. The first kappa shape index (κ1) is 13.9. The highest BCUT2D eigenvalue weighted by molar-refractivity contribution is 5.81. The quantitative estimate of drug-likeness (QED) is 0.566. The molecule has 98 valence electrons. The van der Waals surface area contributed by atoms with Crippen molar-refractivity contribution in [2.45, 2.75) is 32.7 Å². The van der Waals surface area contributed by atoms with E-state index in [1.807, 2.05) is 0 Å². The molecule has 0 aromatic carbocycles. The molecule has 1 aliphatic rings. The number of carbonyl (C=O) groups excluding carboxylic acids is 2. The zero-order chi connectivity index (χ0) is 12.8. The van der Waals surface area contributed by atoms with E-state index in [1.165, 1.54) is 6.92 Å². The molecule has 6 nitrogen and oxygen atoms in total. The summed E-state index contributed by atoms with van der Waals surface area (Å²) in [6.45, 7) is 5.28. The zero-order valence-electron chi connectivity index (χ0n) is 10.5. The average Bonchev–Trinajstić information content (AvgIpc) is 2.29. The van der Waals surface area contributed by atoms with E-state index < -0.39 is 0 Å². The molecule has 0 radical (unpaired) electrons. The Hall–Kier alpha value is -1.14. The molecule has 4 N–H and O–H groups in total. The lowest BCUT2D eigenvalue weighted by Gasteiger charge is -2.37. The number of hydrogen-bond acceptors (Lipinski definition) is 4. The predicted molar refractivity (Wildman–Crippen MR) is 64.8 cm³/mol. The number of amides is 2. The van der Waals surface area contributed by atoms with E-state index in [0.717, 1.165) is 19.4 Å². The molecule has 0 aromatic heterocycles. The molecule has 1 aliphatic heterocycles. The van der Waals surface area contributed by atoms with Crippen LogP contribution in [0, 0.1) is 5.92 Å². The van der Waals surface area contributed by atoms with Crippen LogP contribution >= 0.6 is 0 Å². The van der Waals surface area contributed by atoms with Gasteiger partial charge in [-0.3, -0.25) is 25.3 Å². The van der Waals surface area contributed by atoms with E-state index in [2.05, 4.69) is 22.7 Å². The molecule has 17 heavy (non-hydrogen) atoms. The summed E-state index contributed by atoms with van der Waals surface area (Å²) in [6, 6.07) is 0.390. The van der Waals surface area contributed by atoms with Gasteiger partial charge in [-0.25, -0.2) is 0 Å². The first-order valence-electron chi connectivity index (χ1n) is 6.02. The molecule has 0 spiro atoms. The van der Waals surface area contributed by atoms with Gasteiger partial charge in [-0.2, -0.15) is 0 Å². The Morgan fingerprint density at radius 1 is 1.35 bits per heavy atom. The van der Waals surface area contributed by atoms with Crippen molar-refractivity contribution in [2.24, 2.45) is 11.7 Å². The minimum atomic E-state index is -0.273. The second kappa shape index (κ2) is 6.56. The summed E-state index contributed by atoms with van der Waals surface area (Å²) in [5, 5.41) is 0. The van der Waals surface area contributed by atoms with Crippen LogP contribution in [-0.2, 0) is 9.59 Å². The van der Waals surface area contributed by atoms with Crippen LogP contribution in [0.15, 0.2) is 0 Å². The molecule has 1 heterocycles. The standard InChI is InChI=1S/C11H22N4O2/c1-8-3-4-10(5-12)6-15(8)7-11(17)14-13-9(2)16/h8,10H,3-7,12H2,1-2H3,(H,13,16)(H,14,17). The van der Waals surface area contributed by atoms with Crippen molar-refractivity contribution < 1.29 is 9.59 Å². The SMILES string of the molecule is CC(=O)NNC(=O)CN1CC(CN)CCC1C. The maximum absolute atomic E-state index is 11.6. The largest absolute Gasteiger partial charge is 0.330 e. The van der Waals surface area contributed by atoms with Gasteiger partial charge in [0, 0.05) is 19.5 Å². The third-order valence-electron chi connectivity index (χ3n) is 3.17. The van der Waals surface area contributed by atoms with Crippen molar-refractivity contribution in [2.75, 3.05) is 19.6 Å². The molecule has 0 saturated carbocycles. The van der Waals surface area contributed by atoms with Crippen LogP contribution in [0.4, 0.5) is 0 Å². The van der Waals surface area contributed by atoms with Crippen LogP contribution in [-0.4, -0.2) is 42.4 Å². The molecule has 0 aliphatic carbocycles. The van der Waals surface area contributed by atoms with E-state index in [0.29, 0.717) is 25.0 Å². The zero-order valence-corrected chi connectivity index (χ0v) is 10.5. The lowest BCUT2D eigenvalue weighted by Crippen LogP contribution is -2.51. The molecule has 2 unspecified atom stereocenters. The molecular formula is C11H22N4O2. The summed E-state index contributed by atoms with van der Waals surface area (Å²) in [4.78, 5) is 24.3. The van der Waals surface area contributed by atoms with Crippen molar-refractivity contribution in [3.8, 4) is 0 Å². The van der Waals surface area contributed by atoms with E-state index in [1.54, 1.807) is 0 Å². The monoisotopic (exact) mass is 242 g/mol. The number of rotatable bonds is 3. The minimum absolute atomic E-state index is 0.190. The highest BCUT2D eigenvalue weighted by atomic mass is 16.2. The van der Waals surface area contributed by atoms with Crippen LogP contribution in [0.25, 0.3) is 0 Å². The smallest absolute Gasteiger partial charge is 0.252 e. The molecule has 2 atom stereocenters. The Morgan fingerprint density at radius 3 is 2.65 bits per heavy atom. The van der Waals surface area contributed by atoms with Crippen molar-refractivity contribution in [3.63, 3.8) is 0 Å². The van der Waals surface area contributed by atoms with Crippen molar-refractivity contribution >= 4 is 11.8 Å². The number of nitrogens with two attached hydrogens (primary N) is 1. The lowest BCUT2D eigenvalue weighted by molar-refractivity contribution is -0.129. The summed E-state index contributed by atoms with van der Waals surface area (Å²) in [5.74, 6) is 0.00867. The first-order chi connectivity index (χ1) is 8.02. The Morgan fingerprint density at radius 2 is 2.06 bits per heavy atom. The van der Waals surface area contributed by atoms with Gasteiger partial charge >= 0.3 is 0 Å². The summed E-state index contributed by atoms with van der Waals surface area (Å²) >= 11 is 0. The molecule has 0 bridgehead atoms. The van der Waals surface area contributed by atoms with Crippen LogP contribution in [0.1, 0.15) is 26.7 Å². The third-order valence-corrected chi connectivity index (χ3v) is 3.17. The second-order valence-electron chi connectivity index (χ2n) is 4.69. The van der Waals surface area contributed by atoms with Gasteiger partial charge in [0.2, 0.25) is 5.91 Å². The van der Waals surface area contributed by atoms with Crippen LogP contribution in [0.5, 0.6) is 0 Å². The van der Waals surface area contributed by atoms with Crippen LogP contribution in [0.2, 0.25) is 0 Å². The Labute approximate surface area is 102 Å². The fourth-order valence-electron chi connectivity index (χ4n) is 2.06. The van der Waals surface area contributed by atoms with E-state index in [9.17, 15) is 9.59 Å². The fourth-order valence-corrected chi connectivity index (χ4v) is 2.06. The van der Waals surface area contributed by atoms with Gasteiger partial charge in [-0.05, 0) is 32.2 Å². The Bertz CT molecular complexity index is 283. The number of likely N-dealkylation sites (tertiary alicyclic amines) is 1. The predicted octanol–water partition coefficient (Wildman–Crippen LogP) is -0.787. The summed E-state index contributed by atoms with van der Waals surface area (Å²) in [5.41, 5.74) is 10.3. The van der Waals surface area contributed by atoms with Gasteiger partial charge in [0.25, 0.3) is 5.91 Å². The Kier molecular flexibility index (Phi) is 5.37. The molecular weight excluding hydrogens is 220 g/mol. The number of hydrazine groups is 1. The lowest BCUT2D eigenvalue weighted by atomic mass is 9.93. The number of nitrogens with zero attached hydrogens (tertiary/aromatic N) is 1. The summed E-state index contributed by atoms with van der Waals surface area (Å²) < 4.78 is 0. The summed E-state index contributed by atoms with van der Waals surface area (Å²) in [7, 11) is 0. The number of nitrogens with one attached hydrogen (secondary N) is 2. The molecule has 1 rings (SSSR count). The molecule has 6 heteroatoms. The minimum Gasteiger partial charge on any atom is -0.330 e. The molecule has 2 amide bonds. The fraction of sp³-hybridized carbons (Fsp3) is 0.818. The van der Waals surface area contributed by atoms with Crippen molar-refractivity contribution in [1.29, 1.82) is 0 Å². The first-order valence-corrected chi connectivity index (χ1v) is 6.02. The van der Waals surface area contributed by atoms with Gasteiger partial charge in [-0.15, -0.1) is 0 Å². The number of hydrogen-bond donors (Lipinski definition) is 3. The highest BCUT2D eigenvalue weighted by Gasteiger charge is 2.25. The highest BCUT2D eigenvalue weighted by Crippen LogP contribution is 2.20. The topological polar surface area (TPSA) is 87.5 Å². The average molecular weight is 242 g/mol.